The number of alkyl halides is 1. The Hall–Kier alpha value is 0.0200. The zero-order valence-corrected chi connectivity index (χ0v) is 12.5. The van der Waals surface area contributed by atoms with Crippen LogP contribution in [0, 0.1) is 6.92 Å². The largest absolute Gasteiger partial charge is 0.254 e. The molecule has 1 heterocycles. The topological polar surface area (TPSA) is 50.3 Å². The van der Waals surface area contributed by atoms with Gasteiger partial charge in [0.2, 0.25) is 0 Å². The number of aryl methyl sites for hydroxylation is 1. The van der Waals surface area contributed by atoms with E-state index in [1.54, 1.807) is 6.92 Å². The molecule has 0 radical (unpaired) electrons. The molecule has 0 bridgehead atoms. The first kappa shape index (κ1) is 14.1. The second-order valence-corrected chi connectivity index (χ2v) is 7.43. The highest BCUT2D eigenvalue weighted by molar-refractivity contribution is 9.09. The molecule has 0 aliphatic heterocycles. The molecule has 1 rings (SSSR count). The molecular formula is C9H15BrN2O2S2. The van der Waals surface area contributed by atoms with Crippen molar-refractivity contribution in [2.45, 2.75) is 24.5 Å². The summed E-state index contributed by atoms with van der Waals surface area (Å²) in [5.41, 5.74) is 0. The average Bonchev–Trinajstić information content (AvgIpc) is 2.66. The van der Waals surface area contributed by atoms with Crippen molar-refractivity contribution >= 4 is 37.3 Å². The average molecular weight is 327 g/mol. The maximum absolute atomic E-state index is 12.2. The number of rotatable bonds is 6. The van der Waals surface area contributed by atoms with Gasteiger partial charge in [-0.25, -0.2) is 13.4 Å². The number of nitrogens with zero attached hydrogens (tertiary/aromatic N) is 2. The fraction of sp³-hybridized carbons (Fsp3) is 0.667. The van der Waals surface area contributed by atoms with Gasteiger partial charge in [0.15, 0.2) is 4.21 Å². The van der Waals surface area contributed by atoms with Gasteiger partial charge >= 0.3 is 0 Å². The molecule has 0 aromatic carbocycles. The van der Waals surface area contributed by atoms with Gasteiger partial charge in [-0.15, -0.1) is 11.3 Å². The second kappa shape index (κ2) is 6.09. The quantitative estimate of drug-likeness (QED) is 0.753. The van der Waals surface area contributed by atoms with Crippen LogP contribution in [0.3, 0.4) is 0 Å². The lowest BCUT2D eigenvalue weighted by Crippen LogP contribution is -2.31. The van der Waals surface area contributed by atoms with E-state index in [2.05, 4.69) is 20.9 Å². The van der Waals surface area contributed by atoms with Gasteiger partial charge in [0, 0.05) is 18.4 Å². The number of hydrogen-bond acceptors (Lipinski definition) is 4. The fourth-order valence-corrected chi connectivity index (χ4v) is 4.27. The van der Waals surface area contributed by atoms with E-state index in [1.807, 2.05) is 6.92 Å². The summed E-state index contributed by atoms with van der Waals surface area (Å²) in [6.07, 6.45) is 2.25. The summed E-state index contributed by atoms with van der Waals surface area (Å²) in [6, 6.07) is 0. The molecule has 0 amide bonds. The number of aromatic nitrogens is 1. The van der Waals surface area contributed by atoms with Crippen molar-refractivity contribution in [3.8, 4) is 0 Å². The Bertz CT molecular complexity index is 430. The summed E-state index contributed by atoms with van der Waals surface area (Å²) in [4.78, 5) is 3.98. The number of halogens is 1. The van der Waals surface area contributed by atoms with Crippen LogP contribution in [0.4, 0.5) is 0 Å². The van der Waals surface area contributed by atoms with Crippen LogP contribution in [0.25, 0.3) is 0 Å². The monoisotopic (exact) mass is 326 g/mol. The van der Waals surface area contributed by atoms with Crippen LogP contribution in [0.5, 0.6) is 0 Å². The van der Waals surface area contributed by atoms with Crippen LogP contribution in [-0.2, 0) is 10.0 Å². The Morgan fingerprint density at radius 2 is 2.25 bits per heavy atom. The number of sulfonamides is 1. The normalized spacial score (nSPS) is 12.2. The summed E-state index contributed by atoms with van der Waals surface area (Å²) >= 11 is 4.52. The van der Waals surface area contributed by atoms with E-state index in [4.69, 9.17) is 0 Å². The molecule has 0 unspecified atom stereocenters. The smallest absolute Gasteiger partial charge is 0.249 e. The first-order valence-corrected chi connectivity index (χ1v) is 8.38. The van der Waals surface area contributed by atoms with Gasteiger partial charge in [0.25, 0.3) is 10.0 Å². The SMILES string of the molecule is CCN(CCCBr)S(=O)(=O)c1cnc(C)s1. The third-order valence-corrected chi connectivity index (χ3v) is 5.97. The second-order valence-electron chi connectivity index (χ2n) is 3.24. The molecule has 1 aromatic heterocycles. The highest BCUT2D eigenvalue weighted by Crippen LogP contribution is 2.22. The molecule has 92 valence electrons. The maximum Gasteiger partial charge on any atom is 0.254 e. The van der Waals surface area contributed by atoms with Crippen LogP contribution in [0.2, 0.25) is 0 Å². The molecule has 1 aromatic rings. The molecule has 16 heavy (non-hydrogen) atoms. The van der Waals surface area contributed by atoms with Gasteiger partial charge in [-0.05, 0) is 13.3 Å². The van der Waals surface area contributed by atoms with Gasteiger partial charge < -0.3 is 0 Å². The van der Waals surface area contributed by atoms with Crippen LogP contribution < -0.4 is 0 Å². The van der Waals surface area contributed by atoms with Crippen molar-refractivity contribution in [3.63, 3.8) is 0 Å². The molecule has 4 nitrogen and oxygen atoms in total. The number of thiazole rings is 1. The zero-order chi connectivity index (χ0) is 12.2. The van der Waals surface area contributed by atoms with Crippen LogP contribution >= 0.6 is 27.3 Å². The summed E-state index contributed by atoms with van der Waals surface area (Å²) < 4.78 is 26.1. The van der Waals surface area contributed by atoms with Crippen molar-refractivity contribution in [2.75, 3.05) is 18.4 Å². The van der Waals surface area contributed by atoms with Crippen molar-refractivity contribution in [1.82, 2.24) is 9.29 Å². The summed E-state index contributed by atoms with van der Waals surface area (Å²) in [5.74, 6) is 0. The molecule has 0 saturated heterocycles. The standard InChI is InChI=1S/C9H15BrN2O2S2/c1-3-12(6-4-5-10)16(13,14)9-7-11-8(2)15-9/h7H,3-6H2,1-2H3. The Balaban J connectivity index is 2.90. The van der Waals surface area contributed by atoms with Gasteiger partial charge in [-0.2, -0.15) is 4.31 Å². The molecule has 0 aliphatic carbocycles. The molecule has 0 N–H and O–H groups in total. The van der Waals surface area contributed by atoms with E-state index >= 15 is 0 Å². The van der Waals surface area contributed by atoms with Gasteiger partial charge in [-0.1, -0.05) is 22.9 Å². The molecular weight excluding hydrogens is 312 g/mol. The van der Waals surface area contributed by atoms with Gasteiger partial charge in [-0.3, -0.25) is 0 Å². The van der Waals surface area contributed by atoms with Crippen molar-refractivity contribution in [3.05, 3.63) is 11.2 Å². The lowest BCUT2D eigenvalue weighted by molar-refractivity contribution is 0.430. The Morgan fingerprint density at radius 3 is 2.69 bits per heavy atom. The summed E-state index contributed by atoms with van der Waals surface area (Å²) in [7, 11) is -3.33. The van der Waals surface area contributed by atoms with E-state index in [9.17, 15) is 8.42 Å². The maximum atomic E-state index is 12.2. The summed E-state index contributed by atoms with van der Waals surface area (Å²) in [6.45, 7) is 4.69. The minimum atomic E-state index is -3.33. The van der Waals surface area contributed by atoms with E-state index in [1.165, 1.54) is 21.8 Å². The lowest BCUT2D eigenvalue weighted by Gasteiger charge is -2.18. The highest BCUT2D eigenvalue weighted by Gasteiger charge is 2.24. The Morgan fingerprint density at radius 1 is 1.56 bits per heavy atom. The van der Waals surface area contributed by atoms with Gasteiger partial charge in [0.05, 0.1) is 11.2 Å². The molecule has 0 fully saturated rings. The fourth-order valence-electron chi connectivity index (χ4n) is 1.27. The van der Waals surface area contributed by atoms with Crippen molar-refractivity contribution in [2.24, 2.45) is 0 Å². The van der Waals surface area contributed by atoms with Crippen LogP contribution in [0.1, 0.15) is 18.4 Å². The van der Waals surface area contributed by atoms with Crippen molar-refractivity contribution < 1.29 is 8.42 Å². The first-order valence-electron chi connectivity index (χ1n) is 5.01. The molecule has 7 heteroatoms. The minimum Gasteiger partial charge on any atom is -0.249 e. The highest BCUT2D eigenvalue weighted by atomic mass is 79.9. The van der Waals surface area contributed by atoms with E-state index in [-0.39, 0.29) is 0 Å². The predicted octanol–water partition coefficient (Wildman–Crippen LogP) is 2.25. The predicted molar refractivity (Wildman–Crippen MR) is 69.7 cm³/mol. The molecule has 0 spiro atoms. The van der Waals surface area contributed by atoms with Crippen LogP contribution in [0.15, 0.2) is 10.4 Å². The van der Waals surface area contributed by atoms with Crippen LogP contribution in [-0.4, -0.2) is 36.1 Å². The summed E-state index contributed by atoms with van der Waals surface area (Å²) in [5, 5.41) is 1.58. The van der Waals surface area contributed by atoms with E-state index < -0.39 is 10.0 Å². The number of hydrogen-bond donors (Lipinski definition) is 0. The minimum absolute atomic E-state index is 0.335. The third-order valence-electron chi connectivity index (χ3n) is 2.09. The first-order chi connectivity index (χ1) is 7.52. The van der Waals surface area contributed by atoms with E-state index in [0.29, 0.717) is 17.3 Å². The zero-order valence-electron chi connectivity index (χ0n) is 9.31. The Labute approximate surface area is 109 Å². The molecule has 0 atom stereocenters. The molecule has 0 aliphatic rings. The molecule has 0 saturated carbocycles. The third kappa shape index (κ3) is 3.26. The van der Waals surface area contributed by atoms with Crippen molar-refractivity contribution in [1.29, 1.82) is 0 Å². The van der Waals surface area contributed by atoms with E-state index in [0.717, 1.165) is 16.8 Å². The Kier molecular flexibility index (Phi) is 5.36. The lowest BCUT2D eigenvalue weighted by atomic mass is 10.5. The van der Waals surface area contributed by atoms with Gasteiger partial charge in [0.1, 0.15) is 0 Å².